The predicted octanol–water partition coefficient (Wildman–Crippen LogP) is 3.93. The first-order valence-electron chi connectivity index (χ1n) is 6.86. The lowest BCUT2D eigenvalue weighted by molar-refractivity contribution is 0.472. The van der Waals surface area contributed by atoms with Gasteiger partial charge in [0.25, 0.3) is 0 Å². The minimum absolute atomic E-state index is 0.00744. The van der Waals surface area contributed by atoms with Gasteiger partial charge >= 0.3 is 5.63 Å². The molecule has 1 aromatic heterocycles. The molecule has 0 spiro atoms. The van der Waals surface area contributed by atoms with E-state index in [1.807, 2.05) is 0 Å². The quantitative estimate of drug-likeness (QED) is 0.587. The molecule has 0 aliphatic carbocycles. The van der Waals surface area contributed by atoms with Gasteiger partial charge in [-0.3, -0.25) is 0 Å². The number of hydrogen-bond acceptors (Lipinski definition) is 5. The smallest absolute Gasteiger partial charge is 0.340 e. The zero-order valence-corrected chi connectivity index (χ0v) is 12.2. The van der Waals surface area contributed by atoms with Crippen molar-refractivity contribution in [2.75, 3.05) is 0 Å². The minimum atomic E-state index is -0.707. The Morgan fingerprint density at radius 3 is 2.74 bits per heavy atom. The maximum atomic E-state index is 13.3. The van der Waals surface area contributed by atoms with Gasteiger partial charge in [-0.1, -0.05) is 6.07 Å². The lowest BCUT2D eigenvalue weighted by Crippen LogP contribution is -2.10. The summed E-state index contributed by atoms with van der Waals surface area (Å²) in [6.45, 7) is 1.77. The zero-order chi connectivity index (χ0) is 16.6. The number of nitrogens with zero attached hydrogens (tertiary/aromatic N) is 1. The topological polar surface area (TPSA) is 79.9 Å². The van der Waals surface area contributed by atoms with Crippen molar-refractivity contribution in [1.29, 1.82) is 0 Å². The lowest BCUT2D eigenvalue weighted by Gasteiger charge is -2.08. The van der Waals surface area contributed by atoms with E-state index < -0.39 is 11.4 Å². The van der Waals surface area contributed by atoms with E-state index in [4.69, 9.17) is 4.42 Å². The second-order valence-corrected chi connectivity index (χ2v) is 5.23. The van der Waals surface area contributed by atoms with Gasteiger partial charge in [0.2, 0.25) is 0 Å². The third-order valence-corrected chi connectivity index (χ3v) is 3.76. The van der Waals surface area contributed by atoms with Gasteiger partial charge in [-0.2, -0.15) is 0 Å². The number of phenolic OH excluding ortho intramolecular Hbond substituents is 1. The van der Waals surface area contributed by atoms with Crippen LogP contribution in [0.3, 0.4) is 0 Å². The van der Waals surface area contributed by atoms with Gasteiger partial charge in [0.15, 0.2) is 5.82 Å². The number of halogens is 1. The van der Waals surface area contributed by atoms with Crippen LogP contribution in [0.25, 0.3) is 11.0 Å². The third kappa shape index (κ3) is 2.70. The van der Waals surface area contributed by atoms with E-state index in [-0.39, 0.29) is 17.9 Å². The number of hydrogen-bond donors (Lipinski definition) is 1. The largest absolute Gasteiger partial charge is 0.508 e. The van der Waals surface area contributed by atoms with E-state index >= 15 is 0 Å². The SMILES string of the molecule is Cc1c(Cc2ccc(F)c(N=O)c2)c(=O)oc2cc(O)ccc12. The molecule has 23 heavy (non-hydrogen) atoms. The summed E-state index contributed by atoms with van der Waals surface area (Å²) < 4.78 is 18.5. The van der Waals surface area contributed by atoms with E-state index in [0.717, 1.165) is 6.07 Å². The lowest BCUT2D eigenvalue weighted by atomic mass is 9.99. The van der Waals surface area contributed by atoms with Crippen molar-refractivity contribution in [3.8, 4) is 5.75 Å². The molecule has 3 aromatic rings. The highest BCUT2D eigenvalue weighted by Gasteiger charge is 2.13. The van der Waals surface area contributed by atoms with Gasteiger partial charge in [0.05, 0.1) is 0 Å². The van der Waals surface area contributed by atoms with E-state index in [1.54, 1.807) is 13.0 Å². The van der Waals surface area contributed by atoms with E-state index in [0.29, 0.717) is 27.7 Å². The number of nitroso groups, excluding NO2 is 1. The monoisotopic (exact) mass is 313 g/mol. The summed E-state index contributed by atoms with van der Waals surface area (Å²) in [5.74, 6) is -0.700. The molecule has 0 bridgehead atoms. The normalized spacial score (nSPS) is 10.9. The van der Waals surface area contributed by atoms with Crippen LogP contribution in [-0.2, 0) is 6.42 Å². The molecule has 3 rings (SSSR count). The number of phenols is 1. The summed E-state index contributed by atoms with van der Waals surface area (Å²) >= 11 is 0. The number of rotatable bonds is 3. The van der Waals surface area contributed by atoms with Gasteiger partial charge in [-0.25, -0.2) is 9.18 Å². The fourth-order valence-electron chi connectivity index (χ4n) is 2.53. The van der Waals surface area contributed by atoms with Gasteiger partial charge in [0, 0.05) is 23.4 Å². The molecule has 1 N–H and O–H groups in total. The summed E-state index contributed by atoms with van der Waals surface area (Å²) in [6, 6.07) is 8.48. The van der Waals surface area contributed by atoms with E-state index in [1.165, 1.54) is 24.3 Å². The molecule has 116 valence electrons. The van der Waals surface area contributed by atoms with E-state index in [2.05, 4.69) is 5.18 Å². The maximum Gasteiger partial charge on any atom is 0.340 e. The Kier molecular flexibility index (Phi) is 3.65. The average Bonchev–Trinajstić information content (AvgIpc) is 2.52. The maximum absolute atomic E-state index is 13.3. The summed E-state index contributed by atoms with van der Waals surface area (Å²) in [5.41, 5.74) is 1.16. The van der Waals surface area contributed by atoms with Crippen molar-refractivity contribution in [2.24, 2.45) is 5.18 Å². The van der Waals surface area contributed by atoms with Crippen LogP contribution in [0.5, 0.6) is 5.75 Å². The second kappa shape index (κ2) is 5.64. The van der Waals surface area contributed by atoms with Gasteiger partial charge < -0.3 is 9.52 Å². The van der Waals surface area contributed by atoms with Crippen molar-refractivity contribution in [3.05, 3.63) is 74.2 Å². The molecule has 0 radical (unpaired) electrons. The van der Waals surface area contributed by atoms with Crippen LogP contribution in [0.15, 0.2) is 50.8 Å². The number of aromatic hydroxyl groups is 1. The minimum Gasteiger partial charge on any atom is -0.508 e. The molecule has 0 saturated carbocycles. The fraction of sp³-hybridized carbons (Fsp3) is 0.118. The zero-order valence-electron chi connectivity index (χ0n) is 12.2. The summed E-state index contributed by atoms with van der Waals surface area (Å²) in [4.78, 5) is 22.8. The summed E-state index contributed by atoms with van der Waals surface area (Å²) in [5, 5.41) is 12.8. The third-order valence-electron chi connectivity index (χ3n) is 3.76. The fourth-order valence-corrected chi connectivity index (χ4v) is 2.53. The highest BCUT2D eigenvalue weighted by Crippen LogP contribution is 2.26. The van der Waals surface area contributed by atoms with Crippen LogP contribution >= 0.6 is 0 Å². The molecular formula is C17H12FNO4. The van der Waals surface area contributed by atoms with Crippen LogP contribution in [0.4, 0.5) is 10.1 Å². The Bertz CT molecular complexity index is 978. The Hall–Kier alpha value is -3.02. The Balaban J connectivity index is 2.12. The molecule has 5 nitrogen and oxygen atoms in total. The average molecular weight is 313 g/mol. The molecule has 0 aliphatic heterocycles. The predicted molar refractivity (Wildman–Crippen MR) is 83.5 cm³/mol. The van der Waals surface area contributed by atoms with Gasteiger partial charge in [-0.05, 0) is 47.5 Å². The molecule has 0 saturated heterocycles. The molecule has 1 heterocycles. The molecule has 0 amide bonds. The summed E-state index contributed by atoms with van der Waals surface area (Å²) in [6.07, 6.45) is 0.188. The highest BCUT2D eigenvalue weighted by atomic mass is 19.1. The Labute approximate surface area is 130 Å². The van der Waals surface area contributed by atoms with E-state index in [9.17, 15) is 19.2 Å². The first kappa shape index (κ1) is 14.9. The molecule has 2 aromatic carbocycles. The molecular weight excluding hydrogens is 301 g/mol. The second-order valence-electron chi connectivity index (χ2n) is 5.23. The van der Waals surface area contributed by atoms with Crippen molar-refractivity contribution < 1.29 is 13.9 Å². The number of fused-ring (bicyclic) bond motifs is 1. The number of aryl methyl sites for hydroxylation is 1. The van der Waals surface area contributed by atoms with Crippen LogP contribution < -0.4 is 5.63 Å². The molecule has 0 atom stereocenters. The molecule has 0 fully saturated rings. The van der Waals surface area contributed by atoms with Crippen LogP contribution in [0.2, 0.25) is 0 Å². The Morgan fingerprint density at radius 2 is 2.00 bits per heavy atom. The van der Waals surface area contributed by atoms with Crippen molar-refractivity contribution in [2.45, 2.75) is 13.3 Å². The van der Waals surface area contributed by atoms with Crippen molar-refractivity contribution in [1.82, 2.24) is 0 Å². The van der Waals surface area contributed by atoms with Gasteiger partial charge in [0.1, 0.15) is 17.0 Å². The molecule has 0 aliphatic rings. The Morgan fingerprint density at radius 1 is 1.22 bits per heavy atom. The van der Waals surface area contributed by atoms with Crippen LogP contribution in [0, 0.1) is 17.6 Å². The first-order valence-corrected chi connectivity index (χ1v) is 6.86. The van der Waals surface area contributed by atoms with Crippen molar-refractivity contribution in [3.63, 3.8) is 0 Å². The highest BCUT2D eigenvalue weighted by molar-refractivity contribution is 5.82. The van der Waals surface area contributed by atoms with Crippen LogP contribution in [0.1, 0.15) is 16.7 Å². The van der Waals surface area contributed by atoms with Gasteiger partial charge in [-0.15, -0.1) is 4.91 Å². The summed E-state index contributed by atoms with van der Waals surface area (Å²) in [7, 11) is 0. The molecule has 0 unspecified atom stereocenters. The van der Waals surface area contributed by atoms with Crippen molar-refractivity contribution >= 4 is 16.7 Å². The molecule has 6 heteroatoms. The number of benzene rings is 2. The first-order chi connectivity index (χ1) is 11.0. The standard InChI is InChI=1S/C17H12FNO4/c1-9-12-4-3-11(20)8-16(12)23-17(21)13(9)6-10-2-5-14(18)15(7-10)19-22/h2-5,7-8,20H,6H2,1H3. The van der Waals surface area contributed by atoms with Crippen LogP contribution in [-0.4, -0.2) is 5.11 Å².